The minimum Gasteiger partial charge on any atom is -0.362 e. The predicted octanol–water partition coefficient (Wildman–Crippen LogP) is 3.06. The molecule has 0 radical (unpaired) electrons. The monoisotopic (exact) mass is 286 g/mol. The van der Waals surface area contributed by atoms with Crippen LogP contribution in [0.5, 0.6) is 0 Å². The van der Waals surface area contributed by atoms with Gasteiger partial charge in [0.2, 0.25) is 5.82 Å². The van der Waals surface area contributed by atoms with Crippen molar-refractivity contribution in [2.75, 3.05) is 17.3 Å². The van der Waals surface area contributed by atoms with Gasteiger partial charge >= 0.3 is 5.69 Å². The second kappa shape index (κ2) is 7.37. The Hall–Kier alpha value is -1.24. The van der Waals surface area contributed by atoms with Crippen LogP contribution in [0.4, 0.5) is 11.5 Å². The average Bonchev–Trinajstić information content (AvgIpc) is 2.63. The van der Waals surface area contributed by atoms with Crippen molar-refractivity contribution in [2.24, 2.45) is 0 Å². The molecule has 0 bridgehead atoms. The lowest BCUT2D eigenvalue weighted by Gasteiger charge is -2.15. The maximum Gasteiger partial charge on any atom is 0.333 e. The second-order valence-electron chi connectivity index (χ2n) is 4.59. The summed E-state index contributed by atoms with van der Waals surface area (Å²) in [5, 5.41) is 18.7. The first-order valence-corrected chi connectivity index (χ1v) is 7.87. The Morgan fingerprint density at radius 3 is 2.79 bits per heavy atom. The Morgan fingerprint density at radius 1 is 1.58 bits per heavy atom. The van der Waals surface area contributed by atoms with Crippen LogP contribution in [0, 0.1) is 17.0 Å². The molecule has 0 fully saturated rings. The van der Waals surface area contributed by atoms with Crippen molar-refractivity contribution >= 4 is 23.3 Å². The lowest BCUT2D eigenvalue weighted by atomic mass is 10.2. The molecule has 1 heterocycles. The summed E-state index contributed by atoms with van der Waals surface area (Å²) in [6, 6.07) is 0.192. The summed E-state index contributed by atoms with van der Waals surface area (Å²) < 4.78 is 1.71. The SMILES string of the molecule is CCCn1nc(C)c([N+](=O)[O-])c1NC(C)CCSC. The van der Waals surface area contributed by atoms with Crippen molar-refractivity contribution in [3.63, 3.8) is 0 Å². The van der Waals surface area contributed by atoms with Gasteiger partial charge in [0.05, 0.1) is 4.92 Å². The van der Waals surface area contributed by atoms with E-state index >= 15 is 0 Å². The fourth-order valence-corrected chi connectivity index (χ4v) is 2.50. The fourth-order valence-electron chi connectivity index (χ4n) is 1.91. The number of hydrogen-bond acceptors (Lipinski definition) is 5. The summed E-state index contributed by atoms with van der Waals surface area (Å²) in [5.74, 6) is 1.57. The number of nitrogens with one attached hydrogen (secondary N) is 1. The molecule has 6 nitrogen and oxygen atoms in total. The summed E-state index contributed by atoms with van der Waals surface area (Å²) >= 11 is 1.77. The van der Waals surface area contributed by atoms with Crippen LogP contribution >= 0.6 is 11.8 Å². The van der Waals surface area contributed by atoms with Gasteiger partial charge in [-0.1, -0.05) is 6.92 Å². The number of anilines is 1. The van der Waals surface area contributed by atoms with Crippen molar-refractivity contribution in [3.8, 4) is 0 Å². The number of aryl methyl sites for hydroxylation is 2. The van der Waals surface area contributed by atoms with E-state index < -0.39 is 0 Å². The molecule has 0 aliphatic heterocycles. The molecule has 0 aliphatic rings. The highest BCUT2D eigenvalue weighted by molar-refractivity contribution is 7.98. The zero-order chi connectivity index (χ0) is 14.4. The predicted molar refractivity (Wildman–Crippen MR) is 80.0 cm³/mol. The van der Waals surface area contributed by atoms with Gasteiger partial charge in [-0.15, -0.1) is 0 Å². The number of aromatic nitrogens is 2. The maximum atomic E-state index is 11.2. The highest BCUT2D eigenvalue weighted by Crippen LogP contribution is 2.29. The van der Waals surface area contributed by atoms with E-state index in [2.05, 4.69) is 16.7 Å². The summed E-state index contributed by atoms with van der Waals surface area (Å²) in [4.78, 5) is 10.8. The van der Waals surface area contributed by atoms with Gasteiger partial charge in [-0.25, -0.2) is 4.68 Å². The Morgan fingerprint density at radius 2 is 2.26 bits per heavy atom. The van der Waals surface area contributed by atoms with Crippen molar-refractivity contribution < 1.29 is 4.92 Å². The molecule has 0 aliphatic carbocycles. The van der Waals surface area contributed by atoms with Crippen LogP contribution in [0.1, 0.15) is 32.4 Å². The second-order valence-corrected chi connectivity index (χ2v) is 5.58. The van der Waals surface area contributed by atoms with E-state index in [1.807, 2.05) is 13.8 Å². The van der Waals surface area contributed by atoms with E-state index in [0.29, 0.717) is 18.1 Å². The molecule has 1 aromatic rings. The molecule has 1 unspecified atom stereocenters. The first-order chi connectivity index (χ1) is 9.01. The lowest BCUT2D eigenvalue weighted by molar-refractivity contribution is -0.384. The van der Waals surface area contributed by atoms with Crippen molar-refractivity contribution in [1.29, 1.82) is 0 Å². The fraction of sp³-hybridized carbons (Fsp3) is 0.750. The van der Waals surface area contributed by atoms with Crippen LogP contribution in [0.25, 0.3) is 0 Å². The van der Waals surface area contributed by atoms with Crippen LogP contribution in [-0.4, -0.2) is 32.8 Å². The molecule has 1 aromatic heterocycles. The van der Waals surface area contributed by atoms with E-state index in [1.165, 1.54) is 0 Å². The van der Waals surface area contributed by atoms with Gasteiger partial charge in [0.15, 0.2) is 0 Å². The van der Waals surface area contributed by atoms with Crippen LogP contribution in [0.2, 0.25) is 0 Å². The number of rotatable bonds is 8. The normalized spacial score (nSPS) is 12.4. The molecule has 0 saturated heterocycles. The molecule has 19 heavy (non-hydrogen) atoms. The van der Waals surface area contributed by atoms with E-state index in [9.17, 15) is 10.1 Å². The smallest absolute Gasteiger partial charge is 0.333 e. The maximum absolute atomic E-state index is 11.2. The first-order valence-electron chi connectivity index (χ1n) is 6.48. The molecule has 0 aromatic carbocycles. The molecular formula is C12H22N4O2S. The average molecular weight is 286 g/mol. The highest BCUT2D eigenvalue weighted by Gasteiger charge is 2.25. The highest BCUT2D eigenvalue weighted by atomic mass is 32.2. The minimum atomic E-state index is -0.349. The lowest BCUT2D eigenvalue weighted by Crippen LogP contribution is -2.19. The molecule has 1 atom stereocenters. The van der Waals surface area contributed by atoms with Crippen LogP contribution < -0.4 is 5.32 Å². The number of thioether (sulfide) groups is 1. The topological polar surface area (TPSA) is 73.0 Å². The van der Waals surface area contributed by atoms with Crippen molar-refractivity contribution in [3.05, 3.63) is 15.8 Å². The quantitative estimate of drug-likeness (QED) is 0.587. The molecule has 0 amide bonds. The van der Waals surface area contributed by atoms with Gasteiger partial charge < -0.3 is 5.32 Å². The van der Waals surface area contributed by atoms with E-state index in [1.54, 1.807) is 23.4 Å². The molecule has 7 heteroatoms. The Kier molecular flexibility index (Phi) is 6.14. The van der Waals surface area contributed by atoms with E-state index in [0.717, 1.165) is 18.6 Å². The Balaban J connectivity index is 2.97. The number of nitrogens with zero attached hydrogens (tertiary/aromatic N) is 3. The van der Waals surface area contributed by atoms with Gasteiger partial charge in [0.25, 0.3) is 0 Å². The summed E-state index contributed by atoms with van der Waals surface area (Å²) in [7, 11) is 0. The zero-order valence-corrected chi connectivity index (χ0v) is 12.8. The third kappa shape index (κ3) is 4.12. The number of hydrogen-bond donors (Lipinski definition) is 1. The summed E-state index contributed by atoms with van der Waals surface area (Å²) in [6.07, 6.45) is 3.92. The van der Waals surface area contributed by atoms with E-state index in [4.69, 9.17) is 0 Å². The van der Waals surface area contributed by atoms with Gasteiger partial charge in [-0.05, 0) is 38.7 Å². The molecule has 0 spiro atoms. The Bertz CT molecular complexity index is 434. The third-order valence-electron chi connectivity index (χ3n) is 2.85. The molecule has 1 N–H and O–H groups in total. The minimum absolute atomic E-state index is 0.101. The summed E-state index contributed by atoms with van der Waals surface area (Å²) in [5.41, 5.74) is 0.572. The molecule has 108 valence electrons. The first kappa shape index (κ1) is 15.8. The van der Waals surface area contributed by atoms with Gasteiger partial charge in [0, 0.05) is 12.6 Å². The van der Waals surface area contributed by atoms with Crippen LogP contribution in [0.15, 0.2) is 0 Å². The summed E-state index contributed by atoms with van der Waals surface area (Å²) in [6.45, 7) is 6.44. The van der Waals surface area contributed by atoms with Crippen LogP contribution in [-0.2, 0) is 6.54 Å². The van der Waals surface area contributed by atoms with Gasteiger partial charge in [-0.2, -0.15) is 16.9 Å². The standard InChI is InChI=1S/C12H22N4O2S/c1-5-7-15-12(13-9(2)6-8-19-4)11(16(17)18)10(3)14-15/h9,13H,5-8H2,1-4H3. The van der Waals surface area contributed by atoms with Crippen molar-refractivity contribution in [2.45, 2.75) is 46.2 Å². The van der Waals surface area contributed by atoms with Gasteiger partial charge in [0.1, 0.15) is 5.69 Å². The third-order valence-corrected chi connectivity index (χ3v) is 3.50. The number of nitro groups is 1. The van der Waals surface area contributed by atoms with Crippen LogP contribution in [0.3, 0.4) is 0 Å². The van der Waals surface area contributed by atoms with E-state index in [-0.39, 0.29) is 16.7 Å². The van der Waals surface area contributed by atoms with Gasteiger partial charge in [-0.3, -0.25) is 10.1 Å². The zero-order valence-electron chi connectivity index (χ0n) is 12.0. The largest absolute Gasteiger partial charge is 0.362 e. The Labute approximate surface area is 118 Å². The van der Waals surface area contributed by atoms with Crippen molar-refractivity contribution in [1.82, 2.24) is 9.78 Å². The molecular weight excluding hydrogens is 264 g/mol. The molecule has 1 rings (SSSR count). The molecule has 0 saturated carbocycles.